The second kappa shape index (κ2) is 6.17. The normalized spacial score (nSPS) is 15.2. The van der Waals surface area contributed by atoms with Crippen LogP contribution in [0.25, 0.3) is 0 Å². The van der Waals surface area contributed by atoms with E-state index in [1.165, 1.54) is 37.1 Å². The predicted molar refractivity (Wildman–Crippen MR) is 69.1 cm³/mol. The van der Waals surface area contributed by atoms with Gasteiger partial charge in [0.25, 0.3) is 5.69 Å². The maximum Gasteiger partial charge on any atom is 0.412 e. The number of nitrogens with zero attached hydrogens (tertiary/aromatic N) is 1. The molecule has 1 aromatic rings. The van der Waals surface area contributed by atoms with Crippen molar-refractivity contribution in [1.82, 2.24) is 5.32 Å². The van der Waals surface area contributed by atoms with Gasteiger partial charge in [-0.3, -0.25) is 10.1 Å². The maximum atomic E-state index is 11.5. The fourth-order valence-corrected chi connectivity index (χ4v) is 2.22. The molecule has 0 bridgehead atoms. The Morgan fingerprint density at radius 1 is 1.32 bits per heavy atom. The number of rotatable bonds is 4. The second-order valence-electron chi connectivity index (χ2n) is 4.67. The maximum absolute atomic E-state index is 11.5. The van der Waals surface area contributed by atoms with Crippen molar-refractivity contribution in [2.75, 3.05) is 6.54 Å². The van der Waals surface area contributed by atoms with E-state index in [0.29, 0.717) is 18.2 Å². The Bertz CT molecular complexity index is 452. The quantitative estimate of drug-likeness (QED) is 0.669. The van der Waals surface area contributed by atoms with Gasteiger partial charge in [-0.05, 0) is 30.9 Å². The summed E-state index contributed by atoms with van der Waals surface area (Å²) in [4.78, 5) is 21.5. The van der Waals surface area contributed by atoms with Crippen molar-refractivity contribution < 1.29 is 14.5 Å². The number of nitro groups is 1. The van der Waals surface area contributed by atoms with Gasteiger partial charge in [-0.2, -0.15) is 0 Å². The molecule has 6 nitrogen and oxygen atoms in total. The van der Waals surface area contributed by atoms with E-state index in [1.807, 2.05) is 0 Å². The third kappa shape index (κ3) is 3.94. The zero-order valence-electron chi connectivity index (χ0n) is 10.5. The summed E-state index contributed by atoms with van der Waals surface area (Å²) in [7, 11) is 0. The van der Waals surface area contributed by atoms with Crippen LogP contribution in [-0.2, 0) is 0 Å². The number of carbonyl (C=O) groups is 1. The van der Waals surface area contributed by atoms with Gasteiger partial charge in [-0.1, -0.05) is 12.8 Å². The first-order valence-corrected chi connectivity index (χ1v) is 6.35. The van der Waals surface area contributed by atoms with Crippen LogP contribution in [-0.4, -0.2) is 17.6 Å². The molecule has 0 spiro atoms. The standard InChI is InChI=1S/C13H16N2O4/c16-13(14-9-10-3-1-2-4-10)19-12-7-5-11(6-8-12)15(17)18/h5-8,10H,1-4,9H2,(H,14,16). The number of hydrogen-bond acceptors (Lipinski definition) is 4. The van der Waals surface area contributed by atoms with E-state index in [0.717, 1.165) is 12.8 Å². The van der Waals surface area contributed by atoms with Gasteiger partial charge in [0, 0.05) is 18.7 Å². The highest BCUT2D eigenvalue weighted by Gasteiger charge is 2.16. The molecule has 1 aliphatic rings. The Labute approximate surface area is 110 Å². The Kier molecular flexibility index (Phi) is 4.33. The van der Waals surface area contributed by atoms with Gasteiger partial charge in [0.1, 0.15) is 5.75 Å². The Balaban J connectivity index is 1.79. The van der Waals surface area contributed by atoms with E-state index < -0.39 is 11.0 Å². The van der Waals surface area contributed by atoms with Gasteiger partial charge in [-0.25, -0.2) is 4.79 Å². The molecule has 6 heteroatoms. The largest absolute Gasteiger partial charge is 0.412 e. The third-order valence-corrected chi connectivity index (χ3v) is 3.27. The van der Waals surface area contributed by atoms with E-state index in [-0.39, 0.29) is 5.69 Å². The van der Waals surface area contributed by atoms with Crippen LogP contribution in [0.5, 0.6) is 5.75 Å². The molecule has 19 heavy (non-hydrogen) atoms. The average Bonchev–Trinajstić information content (AvgIpc) is 2.90. The number of non-ortho nitro benzene ring substituents is 1. The lowest BCUT2D eigenvalue weighted by Crippen LogP contribution is -2.30. The molecule has 1 aliphatic carbocycles. The Morgan fingerprint density at radius 2 is 1.95 bits per heavy atom. The zero-order valence-corrected chi connectivity index (χ0v) is 10.5. The number of nitro benzene ring substituents is 1. The molecule has 0 heterocycles. The van der Waals surface area contributed by atoms with E-state index >= 15 is 0 Å². The van der Waals surface area contributed by atoms with Crippen molar-refractivity contribution in [2.45, 2.75) is 25.7 Å². The highest BCUT2D eigenvalue weighted by atomic mass is 16.6. The zero-order chi connectivity index (χ0) is 13.7. The van der Waals surface area contributed by atoms with Gasteiger partial charge in [-0.15, -0.1) is 0 Å². The predicted octanol–water partition coefficient (Wildman–Crippen LogP) is 2.87. The molecule has 0 atom stereocenters. The number of amides is 1. The minimum Gasteiger partial charge on any atom is -0.410 e. The molecule has 0 saturated heterocycles. The Morgan fingerprint density at radius 3 is 2.53 bits per heavy atom. The lowest BCUT2D eigenvalue weighted by molar-refractivity contribution is -0.384. The van der Waals surface area contributed by atoms with Crippen LogP contribution in [0, 0.1) is 16.0 Å². The van der Waals surface area contributed by atoms with Crippen LogP contribution in [0.1, 0.15) is 25.7 Å². The number of hydrogen-bond donors (Lipinski definition) is 1. The summed E-state index contributed by atoms with van der Waals surface area (Å²) in [6, 6.07) is 5.43. The fourth-order valence-electron chi connectivity index (χ4n) is 2.22. The van der Waals surface area contributed by atoms with Crippen LogP contribution in [0.2, 0.25) is 0 Å². The van der Waals surface area contributed by atoms with Gasteiger partial charge in [0.2, 0.25) is 0 Å². The summed E-state index contributed by atoms with van der Waals surface area (Å²) in [6.07, 6.45) is 4.24. The molecule has 0 aliphatic heterocycles. The van der Waals surface area contributed by atoms with Crippen molar-refractivity contribution in [3.05, 3.63) is 34.4 Å². The molecule has 1 saturated carbocycles. The summed E-state index contributed by atoms with van der Waals surface area (Å²) in [6.45, 7) is 0.631. The number of benzene rings is 1. The summed E-state index contributed by atoms with van der Waals surface area (Å²) in [5, 5.41) is 13.2. The van der Waals surface area contributed by atoms with Crippen LogP contribution >= 0.6 is 0 Å². The molecular formula is C13H16N2O4. The fraction of sp³-hybridized carbons (Fsp3) is 0.462. The Hall–Kier alpha value is -2.11. The van der Waals surface area contributed by atoms with Gasteiger partial charge >= 0.3 is 6.09 Å². The van der Waals surface area contributed by atoms with Gasteiger partial charge < -0.3 is 10.1 Å². The lowest BCUT2D eigenvalue weighted by Gasteiger charge is -2.10. The van der Waals surface area contributed by atoms with Crippen LogP contribution < -0.4 is 10.1 Å². The molecule has 1 N–H and O–H groups in total. The highest BCUT2D eigenvalue weighted by molar-refractivity contribution is 5.70. The summed E-state index contributed by atoms with van der Waals surface area (Å²) < 4.78 is 5.04. The van der Waals surface area contributed by atoms with E-state index in [2.05, 4.69) is 5.32 Å². The third-order valence-electron chi connectivity index (χ3n) is 3.27. The monoisotopic (exact) mass is 264 g/mol. The van der Waals surface area contributed by atoms with E-state index in [1.54, 1.807) is 0 Å². The second-order valence-corrected chi connectivity index (χ2v) is 4.67. The van der Waals surface area contributed by atoms with Crippen LogP contribution in [0.4, 0.5) is 10.5 Å². The van der Waals surface area contributed by atoms with Crippen LogP contribution in [0.3, 0.4) is 0 Å². The summed E-state index contributed by atoms with van der Waals surface area (Å²) in [5.74, 6) is 0.846. The SMILES string of the molecule is O=C(NCC1CCCC1)Oc1ccc([N+](=O)[O-])cc1. The number of ether oxygens (including phenoxy) is 1. The van der Waals surface area contributed by atoms with Crippen LogP contribution in [0.15, 0.2) is 24.3 Å². The first kappa shape index (κ1) is 13.3. The molecule has 1 aromatic carbocycles. The van der Waals surface area contributed by atoms with Crippen molar-refractivity contribution in [3.8, 4) is 5.75 Å². The summed E-state index contributed by atoms with van der Waals surface area (Å²) in [5.41, 5.74) is -0.0290. The topological polar surface area (TPSA) is 81.5 Å². The van der Waals surface area contributed by atoms with Crippen molar-refractivity contribution in [2.24, 2.45) is 5.92 Å². The summed E-state index contributed by atoms with van der Waals surface area (Å²) >= 11 is 0. The minimum atomic E-state index is -0.513. The number of nitrogens with one attached hydrogen (secondary N) is 1. The molecule has 2 rings (SSSR count). The van der Waals surface area contributed by atoms with Crippen molar-refractivity contribution in [1.29, 1.82) is 0 Å². The molecule has 0 aromatic heterocycles. The first-order valence-electron chi connectivity index (χ1n) is 6.35. The smallest absolute Gasteiger partial charge is 0.410 e. The lowest BCUT2D eigenvalue weighted by atomic mass is 10.1. The number of carbonyl (C=O) groups excluding carboxylic acids is 1. The van der Waals surface area contributed by atoms with Crippen molar-refractivity contribution in [3.63, 3.8) is 0 Å². The minimum absolute atomic E-state index is 0.0290. The van der Waals surface area contributed by atoms with Gasteiger partial charge in [0.05, 0.1) is 4.92 Å². The molecule has 0 radical (unpaired) electrons. The van der Waals surface area contributed by atoms with Crippen molar-refractivity contribution >= 4 is 11.8 Å². The average molecular weight is 264 g/mol. The highest BCUT2D eigenvalue weighted by Crippen LogP contribution is 2.23. The molecule has 1 fully saturated rings. The molecule has 1 amide bonds. The molecule has 102 valence electrons. The molecule has 0 unspecified atom stereocenters. The first-order chi connectivity index (χ1) is 9.15. The molecular weight excluding hydrogens is 248 g/mol. The van der Waals surface area contributed by atoms with Gasteiger partial charge in [0.15, 0.2) is 0 Å². The van der Waals surface area contributed by atoms with E-state index in [9.17, 15) is 14.9 Å². The van der Waals surface area contributed by atoms with E-state index in [4.69, 9.17) is 4.74 Å².